The third kappa shape index (κ3) is 3.64. The van der Waals surface area contributed by atoms with E-state index in [1.54, 1.807) is 39.3 Å². The third-order valence-corrected chi connectivity index (χ3v) is 5.19. The quantitative estimate of drug-likeness (QED) is 0.459. The van der Waals surface area contributed by atoms with E-state index in [2.05, 4.69) is 10.3 Å². The maximum absolute atomic E-state index is 13.1. The highest BCUT2D eigenvalue weighted by Gasteiger charge is 2.22. The molecule has 0 amide bonds. The average Bonchev–Trinajstić information content (AvgIpc) is 3.16. The topological polar surface area (TPSA) is 79.4 Å². The molecule has 0 N–H and O–H groups in total. The molecule has 7 nitrogen and oxygen atoms in total. The molecule has 4 rings (SSSR count). The van der Waals surface area contributed by atoms with Gasteiger partial charge in [-0.05, 0) is 49.2 Å². The summed E-state index contributed by atoms with van der Waals surface area (Å²) in [5.74, 6) is 1.22. The number of aryl methyl sites for hydroxylation is 3. The standard InChI is InChI=1S/C22H20ClN3O4/c1-13-19-21(30-25-13)20(17-12-16(28-2)8-9-18(17)29-3)24-26(22(19)27)11-10-14-4-6-15(23)7-5-14/h4-9,12H,10-11H2,1-3H3. The minimum Gasteiger partial charge on any atom is -0.497 e. The molecule has 8 heteroatoms. The van der Waals surface area contributed by atoms with E-state index in [0.29, 0.717) is 57.4 Å². The summed E-state index contributed by atoms with van der Waals surface area (Å²) < 4.78 is 17.8. The Morgan fingerprint density at radius 1 is 1.10 bits per heavy atom. The number of hydrogen-bond acceptors (Lipinski definition) is 6. The summed E-state index contributed by atoms with van der Waals surface area (Å²) in [6.07, 6.45) is 0.620. The smallest absolute Gasteiger partial charge is 0.279 e. The first-order valence-electron chi connectivity index (χ1n) is 9.35. The van der Waals surface area contributed by atoms with Crippen LogP contribution in [0.1, 0.15) is 11.3 Å². The first kappa shape index (κ1) is 20.0. The van der Waals surface area contributed by atoms with Crippen molar-refractivity contribution in [1.29, 1.82) is 0 Å². The molecular weight excluding hydrogens is 406 g/mol. The molecule has 0 bridgehead atoms. The van der Waals surface area contributed by atoms with Crippen molar-refractivity contribution in [1.82, 2.24) is 14.9 Å². The SMILES string of the molecule is COc1ccc(OC)c(-c2nn(CCc3ccc(Cl)cc3)c(=O)c3c(C)noc23)c1. The fourth-order valence-corrected chi connectivity index (χ4v) is 3.46. The van der Waals surface area contributed by atoms with Crippen molar-refractivity contribution in [3.63, 3.8) is 0 Å². The fourth-order valence-electron chi connectivity index (χ4n) is 3.34. The summed E-state index contributed by atoms with van der Waals surface area (Å²) in [5.41, 5.74) is 2.77. The summed E-state index contributed by atoms with van der Waals surface area (Å²) in [6, 6.07) is 12.9. The predicted molar refractivity (Wildman–Crippen MR) is 114 cm³/mol. The summed E-state index contributed by atoms with van der Waals surface area (Å²) >= 11 is 5.96. The van der Waals surface area contributed by atoms with Crippen LogP contribution in [-0.2, 0) is 13.0 Å². The Hall–Kier alpha value is -3.32. The average molecular weight is 426 g/mol. The van der Waals surface area contributed by atoms with Crippen LogP contribution in [0.2, 0.25) is 5.02 Å². The number of aromatic nitrogens is 3. The van der Waals surface area contributed by atoms with Crippen molar-refractivity contribution in [2.45, 2.75) is 19.9 Å². The van der Waals surface area contributed by atoms with Gasteiger partial charge in [-0.15, -0.1) is 0 Å². The number of ether oxygens (including phenoxy) is 2. The van der Waals surface area contributed by atoms with Crippen LogP contribution < -0.4 is 15.0 Å². The number of methoxy groups -OCH3 is 2. The fraction of sp³-hybridized carbons (Fsp3) is 0.227. The van der Waals surface area contributed by atoms with E-state index in [-0.39, 0.29) is 5.56 Å². The van der Waals surface area contributed by atoms with Gasteiger partial charge >= 0.3 is 0 Å². The van der Waals surface area contributed by atoms with Gasteiger partial charge in [-0.3, -0.25) is 4.79 Å². The van der Waals surface area contributed by atoms with Gasteiger partial charge in [-0.1, -0.05) is 28.9 Å². The van der Waals surface area contributed by atoms with Crippen LogP contribution in [0.4, 0.5) is 0 Å². The minimum absolute atomic E-state index is 0.247. The lowest BCUT2D eigenvalue weighted by Crippen LogP contribution is -2.25. The molecule has 0 radical (unpaired) electrons. The number of rotatable bonds is 6. The largest absolute Gasteiger partial charge is 0.497 e. The van der Waals surface area contributed by atoms with Gasteiger partial charge in [0.1, 0.15) is 22.6 Å². The van der Waals surface area contributed by atoms with Crippen molar-refractivity contribution in [3.05, 3.63) is 69.1 Å². The van der Waals surface area contributed by atoms with Gasteiger partial charge in [0.05, 0.1) is 25.5 Å². The second-order valence-electron chi connectivity index (χ2n) is 6.79. The monoisotopic (exact) mass is 425 g/mol. The Labute approximate surface area is 177 Å². The summed E-state index contributed by atoms with van der Waals surface area (Å²) in [5, 5.41) is 9.68. The van der Waals surface area contributed by atoms with Crippen LogP contribution in [-0.4, -0.2) is 29.2 Å². The van der Waals surface area contributed by atoms with Crippen molar-refractivity contribution < 1.29 is 14.0 Å². The lowest BCUT2D eigenvalue weighted by molar-refractivity contribution is 0.404. The van der Waals surface area contributed by atoms with Crippen LogP contribution in [0.5, 0.6) is 11.5 Å². The molecule has 0 fully saturated rings. The van der Waals surface area contributed by atoms with Gasteiger partial charge in [-0.2, -0.15) is 5.10 Å². The van der Waals surface area contributed by atoms with Crippen LogP contribution in [0.3, 0.4) is 0 Å². The highest BCUT2D eigenvalue weighted by atomic mass is 35.5. The summed E-state index contributed by atoms with van der Waals surface area (Å²) in [4.78, 5) is 13.1. The minimum atomic E-state index is -0.247. The Kier molecular flexibility index (Phi) is 5.46. The number of fused-ring (bicyclic) bond motifs is 1. The number of benzene rings is 2. The zero-order chi connectivity index (χ0) is 21.3. The Morgan fingerprint density at radius 3 is 2.57 bits per heavy atom. The maximum Gasteiger partial charge on any atom is 0.279 e. The van der Waals surface area contributed by atoms with E-state index in [1.807, 2.05) is 24.3 Å². The van der Waals surface area contributed by atoms with Crippen molar-refractivity contribution >= 4 is 22.6 Å². The van der Waals surface area contributed by atoms with E-state index in [4.69, 9.17) is 25.6 Å². The Morgan fingerprint density at radius 2 is 1.87 bits per heavy atom. The molecule has 0 saturated heterocycles. The molecule has 30 heavy (non-hydrogen) atoms. The first-order chi connectivity index (χ1) is 14.5. The second kappa shape index (κ2) is 8.20. The molecule has 0 aliphatic heterocycles. The molecular formula is C22H20ClN3O4. The van der Waals surface area contributed by atoms with E-state index in [1.165, 1.54) is 4.68 Å². The van der Waals surface area contributed by atoms with Crippen LogP contribution in [0, 0.1) is 6.92 Å². The molecule has 154 valence electrons. The predicted octanol–water partition coefficient (Wildman–Crippen LogP) is 4.27. The normalized spacial score (nSPS) is 11.1. The van der Waals surface area contributed by atoms with E-state index in [0.717, 1.165) is 5.56 Å². The zero-order valence-corrected chi connectivity index (χ0v) is 17.6. The van der Waals surface area contributed by atoms with Crippen molar-refractivity contribution in [3.8, 4) is 22.8 Å². The number of halogens is 1. The van der Waals surface area contributed by atoms with Crippen LogP contribution >= 0.6 is 11.6 Å². The molecule has 4 aromatic rings. The van der Waals surface area contributed by atoms with Crippen molar-refractivity contribution in [2.75, 3.05) is 14.2 Å². The summed E-state index contributed by atoms with van der Waals surface area (Å²) in [7, 11) is 3.16. The van der Waals surface area contributed by atoms with Gasteiger partial charge in [0.2, 0.25) is 5.58 Å². The first-order valence-corrected chi connectivity index (χ1v) is 9.73. The van der Waals surface area contributed by atoms with E-state index < -0.39 is 0 Å². The molecule has 0 saturated carbocycles. The second-order valence-corrected chi connectivity index (χ2v) is 7.23. The zero-order valence-electron chi connectivity index (χ0n) is 16.8. The highest BCUT2D eigenvalue weighted by molar-refractivity contribution is 6.30. The molecule has 2 heterocycles. The number of nitrogens with zero attached hydrogens (tertiary/aromatic N) is 3. The molecule has 0 aliphatic carbocycles. The van der Waals surface area contributed by atoms with Gasteiger partial charge in [0.25, 0.3) is 5.56 Å². The van der Waals surface area contributed by atoms with Gasteiger partial charge < -0.3 is 14.0 Å². The lowest BCUT2D eigenvalue weighted by atomic mass is 10.1. The van der Waals surface area contributed by atoms with E-state index in [9.17, 15) is 4.79 Å². The molecule has 0 unspecified atom stereocenters. The molecule has 0 spiro atoms. The van der Waals surface area contributed by atoms with E-state index >= 15 is 0 Å². The number of hydrogen-bond donors (Lipinski definition) is 0. The molecule has 0 aliphatic rings. The molecule has 2 aromatic heterocycles. The highest BCUT2D eigenvalue weighted by Crippen LogP contribution is 2.35. The van der Waals surface area contributed by atoms with Gasteiger partial charge in [0, 0.05) is 11.6 Å². The van der Waals surface area contributed by atoms with Crippen LogP contribution in [0.25, 0.3) is 22.2 Å². The lowest BCUT2D eigenvalue weighted by Gasteiger charge is -2.12. The molecule has 2 aromatic carbocycles. The Balaban J connectivity index is 1.85. The van der Waals surface area contributed by atoms with Crippen molar-refractivity contribution in [2.24, 2.45) is 0 Å². The maximum atomic E-state index is 13.1. The Bertz CT molecular complexity index is 1260. The van der Waals surface area contributed by atoms with Gasteiger partial charge in [0.15, 0.2) is 0 Å². The van der Waals surface area contributed by atoms with Gasteiger partial charge in [-0.25, -0.2) is 4.68 Å². The van der Waals surface area contributed by atoms with Crippen LogP contribution in [0.15, 0.2) is 51.8 Å². The molecule has 0 atom stereocenters. The third-order valence-electron chi connectivity index (χ3n) is 4.93. The summed E-state index contributed by atoms with van der Waals surface area (Å²) in [6.45, 7) is 2.13.